The number of rotatable bonds is 4. The van der Waals surface area contributed by atoms with Gasteiger partial charge in [0, 0.05) is 11.9 Å². The molecule has 0 radical (unpaired) electrons. The van der Waals surface area contributed by atoms with E-state index < -0.39 is 0 Å². The molecule has 18 heavy (non-hydrogen) atoms. The topological polar surface area (TPSA) is 16.1 Å². The fraction of sp³-hybridized carbons (Fsp3) is 0.250. The van der Waals surface area contributed by atoms with Crippen LogP contribution >= 0.6 is 46.1 Å². The number of aromatic nitrogens is 1. The molecular formula is C12H11Cl3N2S. The van der Waals surface area contributed by atoms with Crippen LogP contribution in [0.15, 0.2) is 24.3 Å². The zero-order valence-electron chi connectivity index (χ0n) is 9.66. The summed E-state index contributed by atoms with van der Waals surface area (Å²) in [4.78, 5) is 7.65. The summed E-state index contributed by atoms with van der Waals surface area (Å²) in [6.07, 6.45) is 0. The first kappa shape index (κ1) is 13.9. The maximum Gasteiger partial charge on any atom is 0.129 e. The minimum Gasteiger partial charge on any atom is -0.355 e. The number of hydrogen-bond donors (Lipinski definition) is 0. The molecular weight excluding hydrogens is 311 g/mol. The van der Waals surface area contributed by atoms with Crippen molar-refractivity contribution in [1.82, 2.24) is 4.98 Å². The van der Waals surface area contributed by atoms with Gasteiger partial charge in [0.2, 0.25) is 0 Å². The maximum absolute atomic E-state index is 5.98. The average Bonchev–Trinajstić information content (AvgIpc) is 2.75. The monoisotopic (exact) mass is 320 g/mol. The van der Waals surface area contributed by atoms with E-state index in [1.807, 2.05) is 36.2 Å². The van der Waals surface area contributed by atoms with Gasteiger partial charge in [-0.25, -0.2) is 4.98 Å². The molecule has 0 aliphatic heterocycles. The Labute approximate surface area is 125 Å². The van der Waals surface area contributed by atoms with Crippen molar-refractivity contribution in [2.24, 2.45) is 0 Å². The number of thiophene rings is 1. The third-order valence-corrected chi connectivity index (χ3v) is 4.26. The number of halogens is 3. The molecule has 2 rings (SSSR count). The highest BCUT2D eigenvalue weighted by atomic mass is 35.5. The van der Waals surface area contributed by atoms with Crippen molar-refractivity contribution in [1.29, 1.82) is 0 Å². The largest absolute Gasteiger partial charge is 0.355 e. The zero-order valence-corrected chi connectivity index (χ0v) is 12.7. The van der Waals surface area contributed by atoms with Crippen molar-refractivity contribution in [3.63, 3.8) is 0 Å². The molecule has 0 spiro atoms. The first-order chi connectivity index (χ1) is 8.60. The molecule has 6 heteroatoms. The second-order valence-corrected chi connectivity index (χ2v) is 6.27. The van der Waals surface area contributed by atoms with Gasteiger partial charge in [0.05, 0.1) is 27.5 Å². The fourth-order valence-electron chi connectivity index (χ4n) is 1.53. The minimum absolute atomic E-state index is 0.311. The molecule has 0 aliphatic carbocycles. The molecule has 2 heterocycles. The van der Waals surface area contributed by atoms with Gasteiger partial charge < -0.3 is 4.90 Å². The van der Waals surface area contributed by atoms with Gasteiger partial charge in [-0.3, -0.25) is 0 Å². The fourth-order valence-corrected chi connectivity index (χ4v) is 3.12. The number of nitrogens with zero attached hydrogens (tertiary/aromatic N) is 2. The van der Waals surface area contributed by atoms with Crippen molar-refractivity contribution in [3.05, 3.63) is 44.2 Å². The second kappa shape index (κ2) is 6.11. The van der Waals surface area contributed by atoms with E-state index in [1.165, 1.54) is 4.88 Å². The highest BCUT2D eigenvalue weighted by molar-refractivity contribution is 7.16. The molecule has 0 amide bonds. The molecule has 0 saturated carbocycles. The van der Waals surface area contributed by atoms with E-state index in [-0.39, 0.29) is 0 Å². The first-order valence-corrected chi connectivity index (χ1v) is 7.37. The van der Waals surface area contributed by atoms with Crippen LogP contribution in [0.1, 0.15) is 10.6 Å². The van der Waals surface area contributed by atoms with Gasteiger partial charge in [-0.1, -0.05) is 23.2 Å². The summed E-state index contributed by atoms with van der Waals surface area (Å²) in [5.74, 6) is 1.16. The van der Waals surface area contributed by atoms with Crippen LogP contribution in [0.3, 0.4) is 0 Å². The van der Waals surface area contributed by atoms with Crippen LogP contribution in [0.2, 0.25) is 9.36 Å². The first-order valence-electron chi connectivity index (χ1n) is 5.27. The van der Waals surface area contributed by atoms with Crippen LogP contribution in [0.4, 0.5) is 5.82 Å². The van der Waals surface area contributed by atoms with Gasteiger partial charge in [0.25, 0.3) is 0 Å². The Morgan fingerprint density at radius 1 is 1.22 bits per heavy atom. The van der Waals surface area contributed by atoms with Crippen molar-refractivity contribution in [2.75, 3.05) is 11.9 Å². The smallest absolute Gasteiger partial charge is 0.129 e. The molecule has 0 fully saturated rings. The summed E-state index contributed by atoms with van der Waals surface area (Å²) in [7, 11) is 1.97. The average molecular weight is 322 g/mol. The van der Waals surface area contributed by atoms with Crippen LogP contribution in [0.5, 0.6) is 0 Å². The molecule has 0 bridgehead atoms. The van der Waals surface area contributed by atoms with E-state index in [0.29, 0.717) is 16.6 Å². The highest BCUT2D eigenvalue weighted by Gasteiger charge is 2.08. The Hall–Kier alpha value is -0.480. The summed E-state index contributed by atoms with van der Waals surface area (Å²) in [6, 6.07) is 7.61. The molecule has 2 aromatic rings. The van der Waals surface area contributed by atoms with Gasteiger partial charge in [-0.15, -0.1) is 22.9 Å². The summed E-state index contributed by atoms with van der Waals surface area (Å²) < 4.78 is 0.795. The Morgan fingerprint density at radius 2 is 2.00 bits per heavy atom. The van der Waals surface area contributed by atoms with Gasteiger partial charge in [0.1, 0.15) is 5.82 Å². The minimum atomic E-state index is 0.311. The van der Waals surface area contributed by atoms with Crippen LogP contribution in [0.25, 0.3) is 0 Å². The second-order valence-electron chi connectivity index (χ2n) is 3.79. The van der Waals surface area contributed by atoms with E-state index >= 15 is 0 Å². The molecule has 0 N–H and O–H groups in total. The summed E-state index contributed by atoms with van der Waals surface area (Å²) in [6.45, 7) is 0.758. The Balaban J connectivity index is 2.15. The molecule has 0 atom stereocenters. The summed E-state index contributed by atoms with van der Waals surface area (Å²) in [5.41, 5.74) is 0.701. The number of hydrogen-bond acceptors (Lipinski definition) is 3. The predicted octanol–water partition coefficient (Wildman–Crippen LogP) is 4.83. The van der Waals surface area contributed by atoms with Crippen molar-refractivity contribution in [3.8, 4) is 0 Å². The molecule has 0 unspecified atom stereocenters. The van der Waals surface area contributed by atoms with Crippen molar-refractivity contribution >= 4 is 52.0 Å². The molecule has 0 aliphatic rings. The van der Waals surface area contributed by atoms with Crippen LogP contribution in [0, 0.1) is 0 Å². The lowest BCUT2D eigenvalue weighted by atomic mass is 10.3. The van der Waals surface area contributed by atoms with Gasteiger partial charge in [-0.2, -0.15) is 0 Å². The van der Waals surface area contributed by atoms with E-state index in [4.69, 9.17) is 34.8 Å². The maximum atomic E-state index is 5.98. The van der Waals surface area contributed by atoms with Crippen molar-refractivity contribution < 1.29 is 0 Å². The van der Waals surface area contributed by atoms with Gasteiger partial charge in [-0.05, 0) is 24.3 Å². The lowest BCUT2D eigenvalue weighted by Crippen LogP contribution is -2.17. The summed E-state index contributed by atoms with van der Waals surface area (Å²) >= 11 is 19.3. The third-order valence-electron chi connectivity index (χ3n) is 2.44. The normalized spacial score (nSPS) is 10.7. The van der Waals surface area contributed by atoms with Crippen molar-refractivity contribution in [2.45, 2.75) is 12.4 Å². The Bertz CT molecular complexity index is 542. The van der Waals surface area contributed by atoms with Crippen LogP contribution in [-0.2, 0) is 12.4 Å². The SMILES string of the molecule is CN(Cc1ccc(Cl)s1)c1ccc(Cl)c(CCl)n1. The highest BCUT2D eigenvalue weighted by Crippen LogP contribution is 2.25. The lowest BCUT2D eigenvalue weighted by Gasteiger charge is -2.18. The molecule has 2 nitrogen and oxygen atoms in total. The third kappa shape index (κ3) is 3.29. The standard InChI is InChI=1S/C12H11Cl3N2S/c1-17(7-8-2-4-11(15)18-8)12-5-3-9(14)10(6-13)16-12/h2-5H,6-7H2,1H3. The molecule has 0 aromatic carbocycles. The number of pyridine rings is 1. The predicted molar refractivity (Wildman–Crippen MR) is 80.2 cm³/mol. The lowest BCUT2D eigenvalue weighted by molar-refractivity contribution is 0.904. The van der Waals surface area contributed by atoms with Gasteiger partial charge in [0.15, 0.2) is 0 Å². The van der Waals surface area contributed by atoms with Crippen LogP contribution < -0.4 is 4.90 Å². The Morgan fingerprint density at radius 3 is 2.61 bits per heavy atom. The van der Waals surface area contributed by atoms with Crippen LogP contribution in [-0.4, -0.2) is 12.0 Å². The summed E-state index contributed by atoms with van der Waals surface area (Å²) in [5, 5.41) is 0.598. The zero-order chi connectivity index (χ0) is 13.1. The van der Waals surface area contributed by atoms with E-state index in [1.54, 1.807) is 11.3 Å². The van der Waals surface area contributed by atoms with Gasteiger partial charge >= 0.3 is 0 Å². The molecule has 2 aromatic heterocycles. The van der Waals surface area contributed by atoms with E-state index in [2.05, 4.69) is 4.98 Å². The Kier molecular flexibility index (Phi) is 4.73. The molecule has 0 saturated heterocycles. The molecule has 96 valence electrons. The quantitative estimate of drug-likeness (QED) is 0.750. The van der Waals surface area contributed by atoms with E-state index in [0.717, 1.165) is 16.7 Å². The van der Waals surface area contributed by atoms with E-state index in [9.17, 15) is 0 Å². The number of alkyl halides is 1. The number of anilines is 1.